The summed E-state index contributed by atoms with van der Waals surface area (Å²) in [6, 6.07) is 7.54. The van der Waals surface area contributed by atoms with Crippen LogP contribution in [0.4, 0.5) is 11.4 Å². The van der Waals surface area contributed by atoms with Gasteiger partial charge in [-0.05, 0) is 24.3 Å². The van der Waals surface area contributed by atoms with Gasteiger partial charge in [-0.3, -0.25) is 14.5 Å². The molecule has 2 aromatic carbocycles. The molecule has 0 fully saturated rings. The van der Waals surface area contributed by atoms with Crippen molar-refractivity contribution in [3.8, 4) is 0 Å². The van der Waals surface area contributed by atoms with E-state index in [0.717, 1.165) is 4.31 Å². The maximum Gasteiger partial charge on any atom is 0.340 e. The van der Waals surface area contributed by atoms with Gasteiger partial charge in [-0.1, -0.05) is 29.3 Å². The van der Waals surface area contributed by atoms with Crippen LogP contribution in [0.25, 0.3) is 11.0 Å². The van der Waals surface area contributed by atoms with Crippen LogP contribution < -0.4 is 4.31 Å². The fraction of sp³-hybridized carbons (Fsp3) is 0.0625. The second-order valence-corrected chi connectivity index (χ2v) is 6.64. The van der Waals surface area contributed by atoms with Crippen LogP contribution in [0, 0.1) is 0 Å². The molecule has 1 atom stereocenters. The van der Waals surface area contributed by atoms with Crippen molar-refractivity contribution in [3.63, 3.8) is 0 Å². The molecule has 10 heteroatoms. The van der Waals surface area contributed by atoms with E-state index < -0.39 is 17.2 Å². The minimum absolute atomic E-state index is 0.0230. The average molecular weight is 412 g/mol. The van der Waals surface area contributed by atoms with E-state index in [4.69, 9.17) is 27.9 Å². The molecule has 3 aromatic rings. The molecule has 1 unspecified atom stereocenters. The Labute approximate surface area is 160 Å². The minimum Gasteiger partial charge on any atom is -0.465 e. The largest absolute Gasteiger partial charge is 0.465 e. The van der Waals surface area contributed by atoms with E-state index in [0.29, 0.717) is 11.0 Å². The topological polar surface area (TPSA) is 92.6 Å². The number of nitrogens with zero attached hydrogens (tertiary/aromatic N) is 3. The Hall–Kier alpha value is -2.26. The number of rotatable bonds is 4. The molecular formula is C16H11Cl2N3O4S. The predicted octanol–water partition coefficient (Wildman–Crippen LogP) is 4.00. The Kier molecular flexibility index (Phi) is 5.38. The molecule has 26 heavy (non-hydrogen) atoms. The smallest absolute Gasteiger partial charge is 0.340 e. The van der Waals surface area contributed by atoms with Gasteiger partial charge in [0.2, 0.25) is 0 Å². The van der Waals surface area contributed by atoms with Gasteiger partial charge >= 0.3 is 5.97 Å². The lowest BCUT2D eigenvalue weighted by Gasteiger charge is -2.23. The van der Waals surface area contributed by atoms with Gasteiger partial charge in [-0.25, -0.2) is 13.3 Å². The van der Waals surface area contributed by atoms with Crippen LogP contribution in [0.1, 0.15) is 10.4 Å². The van der Waals surface area contributed by atoms with Crippen LogP contribution in [0.15, 0.2) is 42.7 Å². The normalized spacial score (nSPS) is 12.0. The lowest BCUT2D eigenvalue weighted by Crippen LogP contribution is -2.22. The number of benzene rings is 2. The zero-order valence-corrected chi connectivity index (χ0v) is 15.5. The van der Waals surface area contributed by atoms with Crippen LogP contribution in [0.5, 0.6) is 0 Å². The van der Waals surface area contributed by atoms with E-state index in [2.05, 4.69) is 9.97 Å². The molecule has 1 heterocycles. The number of halogens is 2. The number of para-hydroxylation sites is 1. The van der Waals surface area contributed by atoms with E-state index in [1.807, 2.05) is 0 Å². The number of carbonyl (C=O) groups is 1. The molecule has 0 aliphatic carbocycles. The highest BCUT2D eigenvalue weighted by molar-refractivity contribution is 7.81. The maximum atomic E-state index is 12.2. The number of methoxy groups -OCH3 is 1. The highest BCUT2D eigenvalue weighted by Gasteiger charge is 2.26. The molecule has 1 aromatic heterocycles. The number of fused-ring (bicyclic) bond motifs is 1. The summed E-state index contributed by atoms with van der Waals surface area (Å²) in [5.41, 5.74) is 1.18. The lowest BCUT2D eigenvalue weighted by atomic mass is 10.1. The molecule has 0 radical (unpaired) electrons. The summed E-state index contributed by atoms with van der Waals surface area (Å²) in [5, 5.41) is 0.216. The SMILES string of the molecule is COC(=O)c1cc(Cl)c(Cl)cc1N(c1cccc2nccnc12)S(=O)O. The van der Waals surface area contributed by atoms with Crippen molar-refractivity contribution in [2.45, 2.75) is 0 Å². The third-order valence-corrected chi connectivity index (χ3v) is 4.94. The second-order valence-electron chi connectivity index (χ2n) is 5.00. The van der Waals surface area contributed by atoms with Crippen LogP contribution in [-0.4, -0.2) is 31.8 Å². The molecule has 0 saturated carbocycles. The molecule has 0 bridgehead atoms. The molecule has 134 valence electrons. The number of hydrogen-bond acceptors (Lipinski definition) is 5. The Balaban J connectivity index is 2.32. The Bertz CT molecular complexity index is 1030. The van der Waals surface area contributed by atoms with E-state index in [9.17, 15) is 13.6 Å². The quantitative estimate of drug-likeness (QED) is 0.515. The summed E-state index contributed by atoms with van der Waals surface area (Å²) in [4.78, 5) is 20.6. The van der Waals surface area contributed by atoms with Gasteiger partial charge < -0.3 is 4.74 Å². The summed E-state index contributed by atoms with van der Waals surface area (Å²) in [6.07, 6.45) is 2.96. The van der Waals surface area contributed by atoms with Gasteiger partial charge in [0, 0.05) is 12.4 Å². The monoisotopic (exact) mass is 411 g/mol. The first-order valence-electron chi connectivity index (χ1n) is 7.12. The van der Waals surface area contributed by atoms with E-state index in [-0.39, 0.29) is 27.0 Å². The van der Waals surface area contributed by atoms with Crippen molar-refractivity contribution >= 4 is 62.8 Å². The molecule has 1 N–H and O–H groups in total. The first-order chi connectivity index (χ1) is 12.4. The number of hydrogen-bond donors (Lipinski definition) is 1. The number of anilines is 2. The van der Waals surface area contributed by atoms with Crippen LogP contribution >= 0.6 is 23.2 Å². The molecule has 3 rings (SSSR count). The summed E-state index contributed by atoms with van der Waals surface area (Å²) in [6.45, 7) is 0. The predicted molar refractivity (Wildman–Crippen MR) is 100 cm³/mol. The molecule has 0 aliphatic heterocycles. The highest BCUT2D eigenvalue weighted by Crippen LogP contribution is 2.38. The van der Waals surface area contributed by atoms with Crippen molar-refractivity contribution in [1.82, 2.24) is 9.97 Å². The van der Waals surface area contributed by atoms with E-state index in [1.54, 1.807) is 18.2 Å². The molecule has 0 saturated heterocycles. The standard InChI is InChI=1S/C16H11Cl2N3O4S/c1-25-16(22)9-7-10(17)11(18)8-14(9)21(26(23)24)13-4-2-3-12-15(13)20-6-5-19-12/h2-8H,1H3,(H,23,24). The Morgan fingerprint density at radius 1 is 1.15 bits per heavy atom. The van der Waals surface area contributed by atoms with Crippen molar-refractivity contribution in [2.75, 3.05) is 11.4 Å². The second kappa shape index (κ2) is 7.55. The minimum atomic E-state index is -2.55. The lowest BCUT2D eigenvalue weighted by molar-refractivity contribution is 0.0602. The van der Waals surface area contributed by atoms with Gasteiger partial charge in [-0.2, -0.15) is 0 Å². The van der Waals surface area contributed by atoms with Crippen molar-refractivity contribution in [3.05, 3.63) is 58.3 Å². The summed E-state index contributed by atoms with van der Waals surface area (Å²) in [5.74, 6) is -0.736. The Morgan fingerprint density at radius 2 is 1.85 bits per heavy atom. The van der Waals surface area contributed by atoms with Crippen LogP contribution in [0.2, 0.25) is 10.0 Å². The highest BCUT2D eigenvalue weighted by atomic mass is 35.5. The molecule has 0 aliphatic rings. The van der Waals surface area contributed by atoms with Gasteiger partial charge in [-0.15, -0.1) is 0 Å². The fourth-order valence-electron chi connectivity index (χ4n) is 2.42. The van der Waals surface area contributed by atoms with Crippen molar-refractivity contribution in [1.29, 1.82) is 0 Å². The number of aromatic nitrogens is 2. The van der Waals surface area contributed by atoms with E-state index in [1.165, 1.54) is 31.6 Å². The zero-order chi connectivity index (χ0) is 18.8. The van der Waals surface area contributed by atoms with Crippen LogP contribution in [-0.2, 0) is 16.0 Å². The molecular weight excluding hydrogens is 401 g/mol. The maximum absolute atomic E-state index is 12.2. The summed E-state index contributed by atoms with van der Waals surface area (Å²) in [7, 11) is 1.19. The fourth-order valence-corrected chi connectivity index (χ4v) is 3.37. The number of carbonyl (C=O) groups excluding carboxylic acids is 1. The molecule has 7 nitrogen and oxygen atoms in total. The number of ether oxygens (including phenoxy) is 1. The van der Waals surface area contributed by atoms with Crippen LogP contribution in [0.3, 0.4) is 0 Å². The Morgan fingerprint density at radius 3 is 2.54 bits per heavy atom. The van der Waals surface area contributed by atoms with Gasteiger partial charge in [0.15, 0.2) is 0 Å². The summed E-state index contributed by atoms with van der Waals surface area (Å²) < 4.78 is 27.9. The first-order valence-corrected chi connectivity index (χ1v) is 8.94. The van der Waals surface area contributed by atoms with Crippen molar-refractivity contribution in [2.24, 2.45) is 0 Å². The van der Waals surface area contributed by atoms with Crippen molar-refractivity contribution < 1.29 is 18.3 Å². The summed E-state index contributed by atoms with van der Waals surface area (Å²) >= 11 is 9.51. The average Bonchev–Trinajstić information content (AvgIpc) is 2.64. The number of esters is 1. The first kappa shape index (κ1) is 18.5. The molecule has 0 spiro atoms. The van der Waals surface area contributed by atoms with E-state index >= 15 is 0 Å². The third-order valence-electron chi connectivity index (χ3n) is 3.52. The third kappa shape index (κ3) is 3.36. The van der Waals surface area contributed by atoms with Gasteiger partial charge in [0.05, 0.1) is 39.6 Å². The molecule has 0 amide bonds. The van der Waals surface area contributed by atoms with Gasteiger partial charge in [0.25, 0.3) is 11.3 Å². The van der Waals surface area contributed by atoms with Gasteiger partial charge in [0.1, 0.15) is 5.52 Å². The zero-order valence-electron chi connectivity index (χ0n) is 13.2.